The molecular formula is C11H7F2NO4. The molecule has 5 nitrogen and oxygen atoms in total. The van der Waals surface area contributed by atoms with Gasteiger partial charge in [0.15, 0.2) is 5.82 Å². The number of methoxy groups -OCH3 is 1. The summed E-state index contributed by atoms with van der Waals surface area (Å²) < 4.78 is 30.9. The van der Waals surface area contributed by atoms with Gasteiger partial charge in [0.2, 0.25) is 0 Å². The molecule has 7 heteroatoms. The molecule has 94 valence electrons. The molecule has 0 N–H and O–H groups in total. The minimum absolute atomic E-state index is 0.388. The predicted molar refractivity (Wildman–Crippen MR) is 55.1 cm³/mol. The molecule has 1 amide bonds. The molecule has 0 aliphatic carbocycles. The van der Waals surface area contributed by atoms with Gasteiger partial charge in [-0.15, -0.1) is 0 Å². The second-order valence-electron chi connectivity index (χ2n) is 3.58. The molecule has 0 radical (unpaired) electrons. The number of esters is 1. The van der Waals surface area contributed by atoms with Crippen molar-refractivity contribution in [2.24, 2.45) is 0 Å². The van der Waals surface area contributed by atoms with Gasteiger partial charge in [-0.1, -0.05) is 0 Å². The summed E-state index contributed by atoms with van der Waals surface area (Å²) in [5.74, 6) is -4.99. The van der Waals surface area contributed by atoms with Crippen LogP contribution in [-0.4, -0.2) is 31.3 Å². The number of carbonyl (C=O) groups is 3. The van der Waals surface area contributed by atoms with E-state index in [0.717, 1.165) is 13.2 Å². The number of ether oxygens (including phenoxy) is 1. The summed E-state index contributed by atoms with van der Waals surface area (Å²) in [6.45, 7) is -0.601. The van der Waals surface area contributed by atoms with Crippen LogP contribution in [-0.2, 0) is 14.3 Å². The normalized spacial score (nSPS) is 13.8. The number of hydrogen-bond donors (Lipinski definition) is 0. The average Bonchev–Trinajstić information content (AvgIpc) is 2.54. The molecule has 18 heavy (non-hydrogen) atoms. The highest BCUT2D eigenvalue weighted by Gasteiger charge is 2.39. The summed E-state index contributed by atoms with van der Waals surface area (Å²) in [7, 11) is 1.09. The van der Waals surface area contributed by atoms with E-state index in [-0.39, 0.29) is 5.56 Å². The van der Waals surface area contributed by atoms with Crippen LogP contribution in [0.25, 0.3) is 0 Å². The van der Waals surface area contributed by atoms with E-state index in [0.29, 0.717) is 11.0 Å². The number of nitrogens with zero attached hydrogens (tertiary/aromatic N) is 1. The van der Waals surface area contributed by atoms with Crippen molar-refractivity contribution in [3.05, 3.63) is 29.3 Å². The lowest BCUT2D eigenvalue weighted by Crippen LogP contribution is -2.35. The smallest absolute Gasteiger partial charge is 0.325 e. The van der Waals surface area contributed by atoms with Crippen molar-refractivity contribution < 1.29 is 27.9 Å². The maximum Gasteiger partial charge on any atom is 0.325 e. The first-order chi connectivity index (χ1) is 8.45. The summed E-state index contributed by atoms with van der Waals surface area (Å²) >= 11 is 0. The predicted octanol–water partition coefficient (Wildman–Crippen LogP) is 0.667. The lowest BCUT2D eigenvalue weighted by atomic mass is 10.1. The number of anilines is 1. The Balaban J connectivity index is 2.51. The monoisotopic (exact) mass is 255 g/mol. The molecule has 0 spiro atoms. The van der Waals surface area contributed by atoms with Gasteiger partial charge in [-0.3, -0.25) is 19.3 Å². The largest absolute Gasteiger partial charge is 0.468 e. The molecule has 1 aliphatic rings. The molecule has 1 heterocycles. The number of hydrogen-bond acceptors (Lipinski definition) is 4. The quantitative estimate of drug-likeness (QED) is 0.575. The van der Waals surface area contributed by atoms with Crippen molar-refractivity contribution in [1.82, 2.24) is 0 Å². The van der Waals surface area contributed by atoms with E-state index in [1.165, 1.54) is 0 Å². The van der Waals surface area contributed by atoms with E-state index in [9.17, 15) is 23.2 Å². The summed E-state index contributed by atoms with van der Waals surface area (Å²) in [6, 6.07) is 1.30. The highest BCUT2D eigenvalue weighted by atomic mass is 19.1. The minimum atomic E-state index is -1.08. The Labute approximate surface area is 99.9 Å². The molecule has 2 rings (SSSR count). The lowest BCUT2D eigenvalue weighted by molar-refractivity contribution is -0.139. The van der Waals surface area contributed by atoms with Crippen LogP contribution in [0.3, 0.4) is 0 Å². The number of fused-ring (bicyclic) bond motifs is 1. The van der Waals surface area contributed by atoms with E-state index in [2.05, 4.69) is 4.74 Å². The zero-order chi connectivity index (χ0) is 13.4. The fraction of sp³-hybridized carbons (Fsp3) is 0.182. The first-order valence-corrected chi connectivity index (χ1v) is 4.87. The molecule has 0 aromatic heterocycles. The van der Waals surface area contributed by atoms with Crippen LogP contribution < -0.4 is 4.90 Å². The van der Waals surface area contributed by atoms with Gasteiger partial charge in [0, 0.05) is 6.07 Å². The maximum atomic E-state index is 13.6. The van der Waals surface area contributed by atoms with Crippen LogP contribution in [0.15, 0.2) is 12.1 Å². The van der Waals surface area contributed by atoms with Gasteiger partial charge in [-0.2, -0.15) is 0 Å². The number of Topliss-reactive ketones (excluding diaryl/α,β-unsaturated/α-hetero) is 1. The Bertz CT molecular complexity index is 570. The first kappa shape index (κ1) is 12.2. The van der Waals surface area contributed by atoms with E-state index in [4.69, 9.17) is 0 Å². The topological polar surface area (TPSA) is 63.7 Å². The Kier molecular flexibility index (Phi) is 2.82. The van der Waals surface area contributed by atoms with Gasteiger partial charge >= 0.3 is 5.97 Å². The number of benzene rings is 1. The Morgan fingerprint density at radius 1 is 1.33 bits per heavy atom. The van der Waals surface area contributed by atoms with Crippen molar-refractivity contribution >= 4 is 23.3 Å². The van der Waals surface area contributed by atoms with Crippen LogP contribution in [0, 0.1) is 11.6 Å². The van der Waals surface area contributed by atoms with Crippen LogP contribution >= 0.6 is 0 Å². The van der Waals surface area contributed by atoms with Crippen molar-refractivity contribution in [3.8, 4) is 0 Å². The molecule has 0 fully saturated rings. The lowest BCUT2D eigenvalue weighted by Gasteiger charge is -2.15. The van der Waals surface area contributed by atoms with Gasteiger partial charge in [0.25, 0.3) is 11.7 Å². The van der Waals surface area contributed by atoms with Crippen LogP contribution in [0.2, 0.25) is 0 Å². The van der Waals surface area contributed by atoms with Gasteiger partial charge in [0.1, 0.15) is 12.4 Å². The third kappa shape index (κ3) is 1.73. The molecule has 0 atom stereocenters. The summed E-state index contributed by atoms with van der Waals surface area (Å²) in [4.78, 5) is 34.8. The van der Waals surface area contributed by atoms with Gasteiger partial charge in [-0.25, -0.2) is 8.78 Å². The number of amides is 1. The summed E-state index contributed by atoms with van der Waals surface area (Å²) in [5.41, 5.74) is -0.779. The molecule has 1 aliphatic heterocycles. The first-order valence-electron chi connectivity index (χ1n) is 4.87. The fourth-order valence-corrected chi connectivity index (χ4v) is 1.70. The molecule has 1 aromatic carbocycles. The number of halogens is 2. The number of ketones is 1. The van der Waals surface area contributed by atoms with E-state index < -0.39 is 41.5 Å². The van der Waals surface area contributed by atoms with Gasteiger partial charge < -0.3 is 4.74 Å². The second-order valence-corrected chi connectivity index (χ2v) is 3.58. The maximum absolute atomic E-state index is 13.6. The third-order valence-electron chi connectivity index (χ3n) is 2.50. The second kappa shape index (κ2) is 4.17. The van der Waals surface area contributed by atoms with Crippen LogP contribution in [0.1, 0.15) is 10.4 Å². The SMILES string of the molecule is COC(=O)CN1C(=O)C(=O)c2cc(F)cc(F)c21. The molecule has 0 bridgehead atoms. The van der Waals surface area contributed by atoms with E-state index >= 15 is 0 Å². The van der Waals surface area contributed by atoms with Crippen molar-refractivity contribution in [3.63, 3.8) is 0 Å². The molecular weight excluding hydrogens is 248 g/mol. The van der Waals surface area contributed by atoms with Crippen LogP contribution in [0.4, 0.5) is 14.5 Å². The van der Waals surface area contributed by atoms with Crippen LogP contribution in [0.5, 0.6) is 0 Å². The Hall–Kier alpha value is -2.31. The van der Waals surface area contributed by atoms with E-state index in [1.807, 2.05) is 0 Å². The van der Waals surface area contributed by atoms with Gasteiger partial charge in [0.05, 0.1) is 18.4 Å². The van der Waals surface area contributed by atoms with E-state index in [1.54, 1.807) is 0 Å². The number of rotatable bonds is 2. The zero-order valence-electron chi connectivity index (χ0n) is 9.20. The zero-order valence-corrected chi connectivity index (χ0v) is 9.20. The van der Waals surface area contributed by atoms with Crippen molar-refractivity contribution in [2.45, 2.75) is 0 Å². The third-order valence-corrected chi connectivity index (χ3v) is 2.50. The molecule has 1 aromatic rings. The Morgan fingerprint density at radius 3 is 2.61 bits per heavy atom. The fourth-order valence-electron chi connectivity index (χ4n) is 1.70. The highest BCUT2D eigenvalue weighted by molar-refractivity contribution is 6.52. The minimum Gasteiger partial charge on any atom is -0.468 e. The van der Waals surface area contributed by atoms with Crippen molar-refractivity contribution in [2.75, 3.05) is 18.6 Å². The average molecular weight is 255 g/mol. The molecule has 0 unspecified atom stereocenters. The van der Waals surface area contributed by atoms with Gasteiger partial charge in [-0.05, 0) is 6.07 Å². The Morgan fingerprint density at radius 2 is 2.00 bits per heavy atom. The van der Waals surface area contributed by atoms with Crippen molar-refractivity contribution in [1.29, 1.82) is 0 Å². The highest BCUT2D eigenvalue weighted by Crippen LogP contribution is 2.32. The molecule has 0 saturated carbocycles. The standard InChI is InChI=1S/C11H7F2NO4/c1-18-8(15)4-14-9-6(10(16)11(14)17)2-5(12)3-7(9)13/h2-3H,4H2,1H3. The summed E-state index contributed by atoms with van der Waals surface area (Å²) in [6.07, 6.45) is 0. The number of carbonyl (C=O) groups excluding carboxylic acids is 3. The summed E-state index contributed by atoms with van der Waals surface area (Å²) in [5, 5.41) is 0. The molecule has 0 saturated heterocycles.